The first-order chi connectivity index (χ1) is 20.6. The van der Waals surface area contributed by atoms with Crippen LogP contribution >= 0.6 is 0 Å². The van der Waals surface area contributed by atoms with Crippen LogP contribution in [0, 0.1) is 0 Å². The van der Waals surface area contributed by atoms with Crippen molar-refractivity contribution in [3.63, 3.8) is 0 Å². The van der Waals surface area contributed by atoms with Gasteiger partial charge in [0.05, 0.1) is 6.61 Å². The van der Waals surface area contributed by atoms with E-state index in [1.54, 1.807) is 6.92 Å². The number of aryl methyl sites for hydroxylation is 4. The third kappa shape index (κ3) is 10.4. The second-order valence-electron chi connectivity index (χ2n) is 10.3. The molecule has 0 amide bonds. The molecular weight excluding hydrogens is 520 g/mol. The number of carbonyl (C=O) groups excluding carboxylic acids is 1. The minimum Gasteiger partial charge on any atom is -0.490 e. The smallest absolute Gasteiger partial charge is 0.335 e. The van der Waals surface area contributed by atoms with Crippen LogP contribution in [0.4, 0.5) is 0 Å². The molecule has 218 valence electrons. The van der Waals surface area contributed by atoms with Crippen LogP contribution < -0.4 is 4.74 Å². The van der Waals surface area contributed by atoms with E-state index < -0.39 is 6.10 Å². The normalized spacial score (nSPS) is 11.9. The molecule has 1 atom stereocenters. The van der Waals surface area contributed by atoms with Crippen molar-refractivity contribution in [2.24, 2.45) is 0 Å². The van der Waals surface area contributed by atoms with Crippen LogP contribution in [-0.2, 0) is 46.4 Å². The van der Waals surface area contributed by atoms with E-state index in [1.165, 1.54) is 27.8 Å². The van der Waals surface area contributed by atoms with Gasteiger partial charge in [0.1, 0.15) is 12.4 Å². The Hall–Kier alpha value is -4.15. The van der Waals surface area contributed by atoms with E-state index in [0.717, 1.165) is 37.0 Å². The van der Waals surface area contributed by atoms with Crippen LogP contribution in [0.15, 0.2) is 109 Å². The number of hydrogen-bond donors (Lipinski definition) is 0. The maximum atomic E-state index is 12.2. The van der Waals surface area contributed by atoms with E-state index in [9.17, 15) is 4.79 Å². The Bertz CT molecular complexity index is 1320. The lowest BCUT2D eigenvalue weighted by Gasteiger charge is -2.15. The quantitative estimate of drug-likeness (QED) is 0.130. The molecule has 4 rings (SSSR count). The Morgan fingerprint density at radius 1 is 0.667 bits per heavy atom. The molecule has 4 aromatic rings. The van der Waals surface area contributed by atoms with Gasteiger partial charge in [-0.3, -0.25) is 0 Å². The van der Waals surface area contributed by atoms with Crippen molar-refractivity contribution in [3.05, 3.63) is 143 Å². The highest BCUT2D eigenvalue weighted by Gasteiger charge is 2.20. The first-order valence-electron chi connectivity index (χ1n) is 15.0. The molecule has 0 aliphatic carbocycles. The predicted octanol–water partition coefficient (Wildman–Crippen LogP) is 7.86. The van der Waals surface area contributed by atoms with Gasteiger partial charge in [-0.05, 0) is 91.1 Å². The van der Waals surface area contributed by atoms with Gasteiger partial charge in [0.2, 0.25) is 0 Å². The Kier molecular flexibility index (Phi) is 12.4. The lowest BCUT2D eigenvalue weighted by atomic mass is 9.96. The van der Waals surface area contributed by atoms with Gasteiger partial charge < -0.3 is 14.2 Å². The zero-order valence-electron chi connectivity index (χ0n) is 24.8. The van der Waals surface area contributed by atoms with Crippen molar-refractivity contribution >= 4 is 12.0 Å². The Morgan fingerprint density at radius 3 is 1.79 bits per heavy atom. The number of esters is 1. The molecule has 42 heavy (non-hydrogen) atoms. The van der Waals surface area contributed by atoms with Gasteiger partial charge in [-0.1, -0.05) is 97.1 Å². The summed E-state index contributed by atoms with van der Waals surface area (Å²) in [6.07, 6.45) is 8.16. The van der Waals surface area contributed by atoms with Crippen molar-refractivity contribution < 1.29 is 19.0 Å². The molecule has 4 nitrogen and oxygen atoms in total. The Morgan fingerprint density at radius 2 is 1.24 bits per heavy atom. The molecule has 0 aliphatic rings. The summed E-state index contributed by atoms with van der Waals surface area (Å²) in [4.78, 5) is 12.2. The first-order valence-corrected chi connectivity index (χ1v) is 15.0. The number of ether oxygens (including phenoxy) is 3. The molecule has 4 heteroatoms. The second kappa shape index (κ2) is 17.0. The number of hydrogen-bond acceptors (Lipinski definition) is 4. The summed E-state index contributed by atoms with van der Waals surface area (Å²) in [5.74, 6) is 0.463. The summed E-state index contributed by atoms with van der Waals surface area (Å²) in [7, 11) is 0. The minimum atomic E-state index is -0.592. The lowest BCUT2D eigenvalue weighted by molar-refractivity contribution is -0.156. The fraction of sp³-hybridized carbons (Fsp3) is 0.289. The standard InChI is InChI=1S/C38H42O4/c1-3-40-37(38(39)41-4-2)29-32-21-23-36(24-22-32)42-25-11-16-33-26-34(19-17-30-12-7-5-8-13-30)28-35(27-33)20-18-31-14-9-6-10-15-31/h5-16,21-24,26-28,37H,3-4,17-20,25,29H2,1-2H3/b16-11+/t37-/m0/s1. The SMILES string of the molecule is CCOC(=O)[C@H](Cc1ccc(OC/C=C/c2cc(CCc3ccccc3)cc(CCc3ccccc3)c2)cc1)OCC. The third-order valence-corrected chi connectivity index (χ3v) is 7.08. The monoisotopic (exact) mass is 562 g/mol. The summed E-state index contributed by atoms with van der Waals surface area (Å²) in [6, 6.07) is 36.1. The molecule has 0 spiro atoms. The molecule has 0 heterocycles. The van der Waals surface area contributed by atoms with E-state index in [0.29, 0.717) is 26.2 Å². The van der Waals surface area contributed by atoms with Gasteiger partial charge in [0, 0.05) is 13.0 Å². The average Bonchev–Trinajstić information content (AvgIpc) is 3.03. The largest absolute Gasteiger partial charge is 0.490 e. The van der Waals surface area contributed by atoms with Crippen LogP contribution in [0.3, 0.4) is 0 Å². The fourth-order valence-corrected chi connectivity index (χ4v) is 4.95. The van der Waals surface area contributed by atoms with E-state index in [2.05, 4.69) is 91.0 Å². The summed E-state index contributed by atoms with van der Waals surface area (Å²) >= 11 is 0. The summed E-state index contributed by atoms with van der Waals surface area (Å²) < 4.78 is 16.7. The van der Waals surface area contributed by atoms with Crippen molar-refractivity contribution in [3.8, 4) is 5.75 Å². The molecule has 0 unspecified atom stereocenters. The number of rotatable bonds is 16. The molecular formula is C38H42O4. The van der Waals surface area contributed by atoms with Gasteiger partial charge in [0.15, 0.2) is 6.10 Å². The molecule has 0 N–H and O–H groups in total. The zero-order valence-corrected chi connectivity index (χ0v) is 24.8. The van der Waals surface area contributed by atoms with Crippen molar-refractivity contribution in [2.45, 2.75) is 52.1 Å². The van der Waals surface area contributed by atoms with Crippen molar-refractivity contribution in [1.82, 2.24) is 0 Å². The summed E-state index contributed by atoms with van der Waals surface area (Å²) in [5, 5.41) is 0. The van der Waals surface area contributed by atoms with Crippen LogP contribution in [0.2, 0.25) is 0 Å². The minimum absolute atomic E-state index is 0.322. The van der Waals surface area contributed by atoms with Gasteiger partial charge in [-0.2, -0.15) is 0 Å². The molecule has 0 saturated heterocycles. The highest BCUT2D eigenvalue weighted by Crippen LogP contribution is 2.18. The topological polar surface area (TPSA) is 44.8 Å². The number of benzene rings is 4. The van der Waals surface area contributed by atoms with Crippen molar-refractivity contribution in [2.75, 3.05) is 19.8 Å². The summed E-state index contributed by atoms with van der Waals surface area (Å²) in [6.45, 7) is 4.95. The zero-order chi connectivity index (χ0) is 29.4. The van der Waals surface area contributed by atoms with E-state index in [-0.39, 0.29) is 5.97 Å². The highest BCUT2D eigenvalue weighted by molar-refractivity contribution is 5.75. The molecule has 4 aromatic carbocycles. The third-order valence-electron chi connectivity index (χ3n) is 7.08. The maximum Gasteiger partial charge on any atom is 0.335 e. The van der Waals surface area contributed by atoms with Crippen LogP contribution in [0.5, 0.6) is 5.75 Å². The molecule has 0 bridgehead atoms. The van der Waals surface area contributed by atoms with Crippen LogP contribution in [-0.4, -0.2) is 31.9 Å². The molecule has 0 aliphatic heterocycles. The van der Waals surface area contributed by atoms with E-state index in [4.69, 9.17) is 14.2 Å². The van der Waals surface area contributed by atoms with Gasteiger partial charge in [-0.15, -0.1) is 0 Å². The lowest BCUT2D eigenvalue weighted by Crippen LogP contribution is -2.28. The number of carbonyl (C=O) groups is 1. The predicted molar refractivity (Wildman–Crippen MR) is 171 cm³/mol. The Balaban J connectivity index is 1.36. The van der Waals surface area contributed by atoms with Gasteiger partial charge >= 0.3 is 5.97 Å². The van der Waals surface area contributed by atoms with Gasteiger partial charge in [0.25, 0.3) is 0 Å². The van der Waals surface area contributed by atoms with E-state index in [1.807, 2.05) is 31.2 Å². The first kappa shape index (κ1) is 30.8. The van der Waals surface area contributed by atoms with Crippen molar-refractivity contribution in [1.29, 1.82) is 0 Å². The second-order valence-corrected chi connectivity index (χ2v) is 10.3. The Labute approximate surface area is 251 Å². The average molecular weight is 563 g/mol. The maximum absolute atomic E-state index is 12.2. The van der Waals surface area contributed by atoms with E-state index >= 15 is 0 Å². The highest BCUT2D eigenvalue weighted by atomic mass is 16.6. The molecule has 0 fully saturated rings. The fourth-order valence-electron chi connectivity index (χ4n) is 4.95. The molecule has 0 radical (unpaired) electrons. The van der Waals surface area contributed by atoms with Crippen LogP contribution in [0.1, 0.15) is 47.2 Å². The summed E-state index contributed by atoms with van der Waals surface area (Å²) in [5.41, 5.74) is 7.63. The van der Waals surface area contributed by atoms with Gasteiger partial charge in [-0.25, -0.2) is 4.79 Å². The molecule has 0 aromatic heterocycles. The van der Waals surface area contributed by atoms with Crippen LogP contribution in [0.25, 0.3) is 6.08 Å². The molecule has 0 saturated carbocycles.